The molecule has 12 heavy (non-hydrogen) atoms. The second-order valence-corrected chi connectivity index (χ2v) is 4.99. The molecule has 0 spiro atoms. The summed E-state index contributed by atoms with van der Waals surface area (Å²) in [5.74, 6) is 1.67. The lowest BCUT2D eigenvalue weighted by atomic mass is 10.3. The van der Waals surface area contributed by atoms with Crippen molar-refractivity contribution in [2.45, 2.75) is 26.3 Å². The first-order chi connectivity index (χ1) is 5.56. The Kier molecular flexibility index (Phi) is 6.61. The fourth-order valence-corrected chi connectivity index (χ4v) is 2.45. The van der Waals surface area contributed by atoms with Gasteiger partial charge in [0.05, 0.1) is 0 Å². The second-order valence-electron chi connectivity index (χ2n) is 3.44. The molecular formula is C8H19NO2S. The molecule has 2 atom stereocenters. The Hall–Kier alpha value is 0.0700. The molecule has 2 unspecified atom stereocenters. The lowest BCUT2D eigenvalue weighted by Crippen LogP contribution is -2.29. The predicted octanol–water partition coefficient (Wildman–Crippen LogP) is 0.101. The summed E-state index contributed by atoms with van der Waals surface area (Å²) in [7, 11) is -0.818. The average Bonchev–Trinajstić information content (AvgIpc) is 1.84. The molecule has 0 amide bonds. The summed E-state index contributed by atoms with van der Waals surface area (Å²) >= 11 is 0. The van der Waals surface area contributed by atoms with E-state index in [2.05, 4.69) is 0 Å². The van der Waals surface area contributed by atoms with Crippen molar-refractivity contribution in [3.63, 3.8) is 0 Å². The zero-order valence-electron chi connectivity index (χ0n) is 7.82. The predicted molar refractivity (Wildman–Crippen MR) is 52.4 cm³/mol. The van der Waals surface area contributed by atoms with Crippen molar-refractivity contribution in [3.05, 3.63) is 0 Å². The fraction of sp³-hybridized carbons (Fsp3) is 1.00. The summed E-state index contributed by atoms with van der Waals surface area (Å²) in [4.78, 5) is 0. The molecule has 0 aliphatic heterocycles. The van der Waals surface area contributed by atoms with Gasteiger partial charge in [-0.05, 0) is 12.3 Å². The fourth-order valence-electron chi connectivity index (χ4n) is 0.928. The van der Waals surface area contributed by atoms with E-state index in [1.807, 2.05) is 13.8 Å². The van der Waals surface area contributed by atoms with Crippen molar-refractivity contribution in [2.24, 2.45) is 11.7 Å². The summed E-state index contributed by atoms with van der Waals surface area (Å²) in [6, 6.07) is -0.116. The SMILES string of the molecule is CC(C)CS(=O)CC(N)CCO. The van der Waals surface area contributed by atoms with Crippen LogP contribution in [0.25, 0.3) is 0 Å². The van der Waals surface area contributed by atoms with Crippen LogP contribution in [0.15, 0.2) is 0 Å². The van der Waals surface area contributed by atoms with Crippen LogP contribution in [0.5, 0.6) is 0 Å². The monoisotopic (exact) mass is 193 g/mol. The van der Waals surface area contributed by atoms with E-state index in [4.69, 9.17) is 10.8 Å². The highest BCUT2D eigenvalue weighted by molar-refractivity contribution is 7.85. The average molecular weight is 193 g/mol. The van der Waals surface area contributed by atoms with Crippen LogP contribution >= 0.6 is 0 Å². The molecule has 0 aliphatic rings. The van der Waals surface area contributed by atoms with Crippen LogP contribution in [0.2, 0.25) is 0 Å². The van der Waals surface area contributed by atoms with Crippen molar-refractivity contribution >= 4 is 10.8 Å². The normalized spacial score (nSPS) is 16.4. The summed E-state index contributed by atoms with van der Waals surface area (Å²) in [6.45, 7) is 4.16. The van der Waals surface area contributed by atoms with Gasteiger partial charge < -0.3 is 10.8 Å². The molecule has 74 valence electrons. The molecule has 0 aromatic rings. The zero-order valence-corrected chi connectivity index (χ0v) is 8.64. The Morgan fingerprint density at radius 1 is 1.42 bits per heavy atom. The van der Waals surface area contributed by atoms with Crippen molar-refractivity contribution in [1.82, 2.24) is 0 Å². The van der Waals surface area contributed by atoms with Gasteiger partial charge in [-0.15, -0.1) is 0 Å². The second kappa shape index (κ2) is 6.57. The van der Waals surface area contributed by atoms with Crippen LogP contribution in [-0.4, -0.2) is 33.5 Å². The Morgan fingerprint density at radius 2 is 2.00 bits per heavy atom. The van der Waals surface area contributed by atoms with Crippen molar-refractivity contribution in [3.8, 4) is 0 Å². The first-order valence-corrected chi connectivity index (χ1v) is 5.76. The van der Waals surface area contributed by atoms with Crippen LogP contribution < -0.4 is 5.73 Å². The van der Waals surface area contributed by atoms with Crippen LogP contribution in [-0.2, 0) is 10.8 Å². The minimum Gasteiger partial charge on any atom is -0.396 e. The van der Waals surface area contributed by atoms with Crippen LogP contribution in [0.1, 0.15) is 20.3 Å². The van der Waals surface area contributed by atoms with Crippen molar-refractivity contribution < 1.29 is 9.32 Å². The van der Waals surface area contributed by atoms with Gasteiger partial charge in [0, 0.05) is 35.0 Å². The molecule has 0 heterocycles. The van der Waals surface area contributed by atoms with Crippen LogP contribution in [0, 0.1) is 5.92 Å². The highest BCUT2D eigenvalue weighted by Gasteiger charge is 2.08. The molecule has 0 aromatic carbocycles. The smallest absolute Gasteiger partial charge is 0.0446 e. The van der Waals surface area contributed by atoms with E-state index in [1.54, 1.807) is 0 Å². The molecule has 0 bridgehead atoms. The Balaban J connectivity index is 3.54. The lowest BCUT2D eigenvalue weighted by Gasteiger charge is -2.10. The maximum atomic E-state index is 11.3. The van der Waals surface area contributed by atoms with Gasteiger partial charge in [0.25, 0.3) is 0 Å². The summed E-state index contributed by atoms with van der Waals surface area (Å²) in [6.07, 6.45) is 0.545. The maximum absolute atomic E-state index is 11.3. The quantitative estimate of drug-likeness (QED) is 0.629. The molecule has 0 aromatic heterocycles. The van der Waals surface area contributed by atoms with Gasteiger partial charge in [0.15, 0.2) is 0 Å². The van der Waals surface area contributed by atoms with E-state index in [0.717, 1.165) is 0 Å². The first-order valence-electron chi connectivity index (χ1n) is 4.27. The van der Waals surface area contributed by atoms with Crippen LogP contribution in [0.4, 0.5) is 0 Å². The van der Waals surface area contributed by atoms with Gasteiger partial charge in [-0.1, -0.05) is 13.8 Å². The number of hydrogen-bond acceptors (Lipinski definition) is 3. The molecule has 0 saturated heterocycles. The Labute approximate surface area is 76.8 Å². The standard InChI is InChI=1S/C8H19NO2S/c1-7(2)5-12(11)6-8(9)3-4-10/h7-8,10H,3-6,9H2,1-2H3. The van der Waals surface area contributed by atoms with E-state index in [-0.39, 0.29) is 12.6 Å². The Bertz CT molecular complexity index is 139. The molecule has 0 rings (SSSR count). The number of nitrogens with two attached hydrogens (primary N) is 1. The number of aliphatic hydroxyl groups excluding tert-OH is 1. The van der Waals surface area contributed by atoms with Crippen molar-refractivity contribution in [2.75, 3.05) is 18.1 Å². The molecular weight excluding hydrogens is 174 g/mol. The van der Waals surface area contributed by atoms with Gasteiger partial charge in [0.2, 0.25) is 0 Å². The van der Waals surface area contributed by atoms with E-state index < -0.39 is 10.8 Å². The minimum atomic E-state index is -0.818. The molecule has 4 heteroatoms. The number of aliphatic hydroxyl groups is 1. The Morgan fingerprint density at radius 3 is 2.42 bits per heavy atom. The van der Waals surface area contributed by atoms with E-state index in [9.17, 15) is 4.21 Å². The molecule has 0 saturated carbocycles. The van der Waals surface area contributed by atoms with E-state index in [1.165, 1.54) is 0 Å². The summed E-state index contributed by atoms with van der Waals surface area (Å²) in [5.41, 5.74) is 5.61. The van der Waals surface area contributed by atoms with Gasteiger partial charge in [-0.3, -0.25) is 4.21 Å². The summed E-state index contributed by atoms with van der Waals surface area (Å²) < 4.78 is 11.3. The first kappa shape index (κ1) is 12.1. The highest BCUT2D eigenvalue weighted by atomic mass is 32.2. The molecule has 0 radical (unpaired) electrons. The summed E-state index contributed by atoms with van der Waals surface area (Å²) in [5, 5.41) is 8.55. The molecule has 3 N–H and O–H groups in total. The lowest BCUT2D eigenvalue weighted by molar-refractivity contribution is 0.279. The van der Waals surface area contributed by atoms with Gasteiger partial charge in [0.1, 0.15) is 0 Å². The van der Waals surface area contributed by atoms with E-state index >= 15 is 0 Å². The van der Waals surface area contributed by atoms with Crippen LogP contribution in [0.3, 0.4) is 0 Å². The van der Waals surface area contributed by atoms with Gasteiger partial charge >= 0.3 is 0 Å². The van der Waals surface area contributed by atoms with Crippen molar-refractivity contribution in [1.29, 1.82) is 0 Å². The zero-order chi connectivity index (χ0) is 9.56. The topological polar surface area (TPSA) is 63.3 Å². The number of rotatable bonds is 6. The van der Waals surface area contributed by atoms with Gasteiger partial charge in [-0.2, -0.15) is 0 Å². The van der Waals surface area contributed by atoms with E-state index in [0.29, 0.717) is 23.8 Å². The van der Waals surface area contributed by atoms with Gasteiger partial charge in [-0.25, -0.2) is 0 Å². The molecule has 0 aliphatic carbocycles. The third-order valence-corrected chi connectivity index (χ3v) is 3.26. The molecule has 0 fully saturated rings. The molecule has 3 nitrogen and oxygen atoms in total. The highest BCUT2D eigenvalue weighted by Crippen LogP contribution is 1.98. The number of hydrogen-bond donors (Lipinski definition) is 2. The minimum absolute atomic E-state index is 0.0834. The third-order valence-electron chi connectivity index (χ3n) is 1.42. The largest absolute Gasteiger partial charge is 0.396 e. The maximum Gasteiger partial charge on any atom is 0.0446 e. The third kappa shape index (κ3) is 6.76.